The van der Waals surface area contributed by atoms with Gasteiger partial charge in [-0.3, -0.25) is 0 Å². The first-order chi connectivity index (χ1) is 25.3. The van der Waals surface area contributed by atoms with Crippen LogP contribution in [0.3, 0.4) is 0 Å². The van der Waals surface area contributed by atoms with Gasteiger partial charge in [-0.25, -0.2) is 0 Å². The summed E-state index contributed by atoms with van der Waals surface area (Å²) in [4.78, 5) is 2.31. The minimum absolute atomic E-state index is 0.864. The Morgan fingerprint density at radius 3 is 1.69 bits per heavy atom. The highest BCUT2D eigenvalue weighted by Crippen LogP contribution is 2.43. The third kappa shape index (κ3) is 4.98. The number of furan rings is 2. The lowest BCUT2D eigenvalue weighted by Gasteiger charge is -2.26. The number of hydrogen-bond donors (Lipinski definition) is 0. The van der Waals surface area contributed by atoms with Gasteiger partial charge in [-0.15, -0.1) is 0 Å². The van der Waals surface area contributed by atoms with Crippen molar-refractivity contribution in [3.05, 3.63) is 188 Å². The van der Waals surface area contributed by atoms with E-state index in [0.29, 0.717) is 0 Å². The third-order valence-corrected chi connectivity index (χ3v) is 9.89. The maximum absolute atomic E-state index is 6.45. The fraction of sp³-hybridized carbons (Fsp3) is 0. The molecule has 3 nitrogen and oxygen atoms in total. The summed E-state index contributed by atoms with van der Waals surface area (Å²) in [5.74, 6) is 0. The van der Waals surface area contributed by atoms with Gasteiger partial charge in [-0.2, -0.15) is 0 Å². The van der Waals surface area contributed by atoms with Gasteiger partial charge in [0.15, 0.2) is 0 Å². The number of anilines is 3. The molecule has 0 N–H and O–H groups in total. The molecular weight excluding hydrogens is 623 g/mol. The van der Waals surface area contributed by atoms with Crippen molar-refractivity contribution < 1.29 is 8.83 Å². The number of nitrogens with zero attached hydrogens (tertiary/aromatic N) is 1. The summed E-state index contributed by atoms with van der Waals surface area (Å²) in [7, 11) is 0. The molecule has 240 valence electrons. The molecule has 0 saturated carbocycles. The van der Waals surface area contributed by atoms with Crippen molar-refractivity contribution in [2.24, 2.45) is 0 Å². The van der Waals surface area contributed by atoms with Crippen LogP contribution in [0.4, 0.5) is 17.1 Å². The Morgan fingerprint density at radius 2 is 0.863 bits per heavy atom. The number of hydrogen-bond acceptors (Lipinski definition) is 3. The van der Waals surface area contributed by atoms with E-state index in [2.05, 4.69) is 169 Å². The van der Waals surface area contributed by atoms with E-state index >= 15 is 0 Å². The molecule has 0 unspecified atom stereocenters. The van der Waals surface area contributed by atoms with E-state index < -0.39 is 0 Å². The van der Waals surface area contributed by atoms with Gasteiger partial charge in [-0.05, 0) is 76.3 Å². The summed E-state index contributed by atoms with van der Waals surface area (Å²) in [5, 5.41) is 4.49. The lowest BCUT2D eigenvalue weighted by Crippen LogP contribution is -2.10. The summed E-state index contributed by atoms with van der Waals surface area (Å²) in [6.45, 7) is 0. The van der Waals surface area contributed by atoms with Crippen LogP contribution in [0.25, 0.3) is 77.3 Å². The van der Waals surface area contributed by atoms with Crippen molar-refractivity contribution in [3.8, 4) is 33.4 Å². The second kappa shape index (κ2) is 11.9. The molecule has 0 radical (unpaired) electrons. The average Bonchev–Trinajstić information content (AvgIpc) is 3.77. The summed E-state index contributed by atoms with van der Waals surface area (Å²) < 4.78 is 12.8. The molecule has 10 rings (SSSR count). The lowest BCUT2D eigenvalue weighted by atomic mass is 9.93. The Morgan fingerprint density at radius 1 is 0.294 bits per heavy atom. The van der Waals surface area contributed by atoms with Crippen molar-refractivity contribution in [3.63, 3.8) is 0 Å². The monoisotopic (exact) mass is 653 g/mol. The molecule has 10 aromatic rings. The molecule has 8 aromatic carbocycles. The van der Waals surface area contributed by atoms with Crippen LogP contribution >= 0.6 is 0 Å². The summed E-state index contributed by atoms with van der Waals surface area (Å²) in [6, 6.07) is 66.2. The highest BCUT2D eigenvalue weighted by Gasteiger charge is 2.18. The Kier molecular flexibility index (Phi) is 6.81. The van der Waals surface area contributed by atoms with Gasteiger partial charge in [0, 0.05) is 50.2 Å². The van der Waals surface area contributed by atoms with Crippen molar-refractivity contribution >= 4 is 60.9 Å². The largest absolute Gasteiger partial charge is 0.456 e. The summed E-state index contributed by atoms with van der Waals surface area (Å²) in [6.07, 6.45) is 0. The van der Waals surface area contributed by atoms with Crippen molar-refractivity contribution in [2.75, 3.05) is 4.90 Å². The van der Waals surface area contributed by atoms with Crippen LogP contribution in [-0.2, 0) is 0 Å². The molecule has 0 aliphatic heterocycles. The Hall–Kier alpha value is -6.84. The van der Waals surface area contributed by atoms with Gasteiger partial charge in [0.25, 0.3) is 0 Å². The van der Waals surface area contributed by atoms with Gasteiger partial charge >= 0.3 is 0 Å². The van der Waals surface area contributed by atoms with Crippen molar-refractivity contribution in [1.82, 2.24) is 0 Å². The number of benzene rings is 8. The maximum atomic E-state index is 6.45. The van der Waals surface area contributed by atoms with Gasteiger partial charge in [-0.1, -0.05) is 133 Å². The molecule has 51 heavy (non-hydrogen) atoms. The molecule has 0 amide bonds. The molecule has 0 bridgehead atoms. The first-order valence-electron chi connectivity index (χ1n) is 17.3. The predicted molar refractivity (Wildman–Crippen MR) is 212 cm³/mol. The van der Waals surface area contributed by atoms with E-state index in [1.54, 1.807) is 0 Å². The Balaban J connectivity index is 1.10. The van der Waals surface area contributed by atoms with E-state index in [4.69, 9.17) is 8.83 Å². The standard InChI is InChI=1S/C48H31NO2/c1-2-12-32(13-3-1)34-14-10-15-36(30-34)49(37-28-29-42-40-18-6-8-22-45(40)50-47(42)31-37)35-26-24-33(25-27-35)38-16-4-5-17-39(38)43-20-11-21-44-41-19-7-9-23-46(41)51-48(43)44/h1-31H. The third-order valence-electron chi connectivity index (χ3n) is 9.89. The minimum Gasteiger partial charge on any atom is -0.456 e. The molecule has 0 atom stereocenters. The number of rotatable bonds is 6. The second-order valence-electron chi connectivity index (χ2n) is 12.9. The minimum atomic E-state index is 0.864. The van der Waals surface area contributed by atoms with Crippen LogP contribution in [0.2, 0.25) is 0 Å². The molecule has 0 aliphatic carbocycles. The topological polar surface area (TPSA) is 29.5 Å². The van der Waals surface area contributed by atoms with E-state index in [0.717, 1.165) is 88.8 Å². The summed E-state index contributed by atoms with van der Waals surface area (Å²) >= 11 is 0. The van der Waals surface area contributed by atoms with Crippen molar-refractivity contribution in [1.29, 1.82) is 0 Å². The van der Waals surface area contributed by atoms with Crippen LogP contribution in [0.15, 0.2) is 197 Å². The van der Waals surface area contributed by atoms with Gasteiger partial charge < -0.3 is 13.7 Å². The fourth-order valence-electron chi connectivity index (χ4n) is 7.48. The Bertz CT molecular complexity index is 2860. The van der Waals surface area contributed by atoms with Crippen LogP contribution < -0.4 is 4.90 Å². The quantitative estimate of drug-likeness (QED) is 0.179. The molecular formula is C48H31NO2. The zero-order valence-electron chi connectivity index (χ0n) is 27.7. The van der Waals surface area contributed by atoms with Crippen LogP contribution in [0.1, 0.15) is 0 Å². The van der Waals surface area contributed by atoms with Gasteiger partial charge in [0.2, 0.25) is 0 Å². The van der Waals surface area contributed by atoms with Crippen molar-refractivity contribution in [2.45, 2.75) is 0 Å². The van der Waals surface area contributed by atoms with Crippen LogP contribution in [-0.4, -0.2) is 0 Å². The van der Waals surface area contributed by atoms with Gasteiger partial charge in [0.05, 0.1) is 0 Å². The molecule has 0 saturated heterocycles. The molecule has 0 fully saturated rings. The lowest BCUT2D eigenvalue weighted by molar-refractivity contribution is 0.669. The number of fused-ring (bicyclic) bond motifs is 6. The van der Waals surface area contributed by atoms with E-state index in [1.807, 2.05) is 24.3 Å². The normalized spacial score (nSPS) is 11.5. The first kappa shape index (κ1) is 29.1. The SMILES string of the molecule is c1ccc(-c2cccc(N(c3ccc(-c4ccccc4-c4cccc5c4oc4ccccc45)cc3)c3ccc4c(c3)oc3ccccc34)c2)cc1. The zero-order chi connectivity index (χ0) is 33.7. The second-order valence-corrected chi connectivity index (χ2v) is 12.9. The van der Waals surface area contributed by atoms with Crippen LogP contribution in [0, 0.1) is 0 Å². The average molecular weight is 654 g/mol. The predicted octanol–water partition coefficient (Wildman–Crippen LogP) is 14.0. The molecule has 2 aromatic heterocycles. The molecule has 3 heteroatoms. The maximum Gasteiger partial charge on any atom is 0.143 e. The summed E-state index contributed by atoms with van der Waals surface area (Å²) in [5.41, 5.74) is 13.6. The van der Waals surface area contributed by atoms with E-state index in [9.17, 15) is 0 Å². The molecule has 0 aliphatic rings. The Labute approximate surface area is 295 Å². The molecule has 2 heterocycles. The first-order valence-corrected chi connectivity index (χ1v) is 17.3. The highest BCUT2D eigenvalue weighted by atomic mass is 16.3. The smallest absolute Gasteiger partial charge is 0.143 e. The molecule has 0 spiro atoms. The van der Waals surface area contributed by atoms with E-state index in [1.165, 1.54) is 5.56 Å². The van der Waals surface area contributed by atoms with Gasteiger partial charge in [0.1, 0.15) is 22.3 Å². The fourth-order valence-corrected chi connectivity index (χ4v) is 7.48. The van der Waals surface area contributed by atoms with E-state index in [-0.39, 0.29) is 0 Å². The zero-order valence-corrected chi connectivity index (χ0v) is 27.7. The number of para-hydroxylation sites is 3. The highest BCUT2D eigenvalue weighted by molar-refractivity contribution is 6.10. The van der Waals surface area contributed by atoms with Crippen LogP contribution in [0.5, 0.6) is 0 Å².